The number of hydrogen-bond acceptors (Lipinski definition) is 6. The smallest absolute Gasteiger partial charge is 0.256 e. The number of amides is 2. The number of carbonyl (C=O) groups is 2. The first-order valence-corrected chi connectivity index (χ1v) is 12.7. The zero-order chi connectivity index (χ0) is 26.3. The van der Waals surface area contributed by atoms with Gasteiger partial charge < -0.3 is 14.5 Å². The Bertz CT molecular complexity index is 1330. The molecule has 3 aromatic rings. The highest BCUT2D eigenvalue weighted by atomic mass is 16.5. The van der Waals surface area contributed by atoms with E-state index in [0.29, 0.717) is 30.0 Å². The highest BCUT2D eigenvalue weighted by Crippen LogP contribution is 2.39. The Hall–Kier alpha value is -3.65. The molecule has 2 aromatic heterocycles. The van der Waals surface area contributed by atoms with E-state index in [1.165, 1.54) is 0 Å². The number of pyridine rings is 1. The van der Waals surface area contributed by atoms with Gasteiger partial charge in [-0.2, -0.15) is 0 Å². The molecule has 0 radical (unpaired) electrons. The lowest BCUT2D eigenvalue weighted by Gasteiger charge is -2.30. The van der Waals surface area contributed by atoms with Crippen molar-refractivity contribution in [2.75, 3.05) is 6.54 Å². The zero-order valence-electron chi connectivity index (χ0n) is 21.6. The van der Waals surface area contributed by atoms with Gasteiger partial charge >= 0.3 is 0 Å². The van der Waals surface area contributed by atoms with Crippen molar-refractivity contribution in [1.82, 2.24) is 15.0 Å². The number of aryl methyl sites for hydroxylation is 1. The van der Waals surface area contributed by atoms with Crippen LogP contribution in [0, 0.1) is 12.8 Å². The minimum absolute atomic E-state index is 0.0333. The van der Waals surface area contributed by atoms with Crippen molar-refractivity contribution >= 4 is 17.5 Å². The first kappa shape index (κ1) is 25.0. The van der Waals surface area contributed by atoms with Gasteiger partial charge in [-0.3, -0.25) is 14.6 Å². The molecule has 1 N–H and O–H groups in total. The van der Waals surface area contributed by atoms with Gasteiger partial charge in [-0.25, -0.2) is 4.99 Å². The summed E-state index contributed by atoms with van der Waals surface area (Å²) in [5, 5.41) is 14.5. The Labute approximate surface area is 216 Å². The second-order valence-corrected chi connectivity index (χ2v) is 10.7. The third-order valence-corrected chi connectivity index (χ3v) is 7.60. The van der Waals surface area contributed by atoms with Crippen LogP contribution in [0.25, 0.3) is 11.1 Å². The maximum Gasteiger partial charge on any atom is 0.256 e. The van der Waals surface area contributed by atoms with Crippen molar-refractivity contribution in [3.05, 3.63) is 71.9 Å². The molecule has 5 rings (SSSR count). The van der Waals surface area contributed by atoms with E-state index in [2.05, 4.69) is 15.1 Å². The molecule has 192 valence electrons. The van der Waals surface area contributed by atoms with Crippen LogP contribution in [0.4, 0.5) is 0 Å². The van der Waals surface area contributed by atoms with Crippen molar-refractivity contribution in [2.45, 2.75) is 64.0 Å². The van der Waals surface area contributed by atoms with Gasteiger partial charge in [0.25, 0.3) is 5.91 Å². The molecule has 1 fully saturated rings. The number of benzene rings is 1. The second kappa shape index (κ2) is 9.67. The fraction of sp³-hybridized carbons (Fsp3) is 0.414. The van der Waals surface area contributed by atoms with E-state index >= 15 is 0 Å². The summed E-state index contributed by atoms with van der Waals surface area (Å²) in [5.74, 6) is -0.415. The fourth-order valence-electron chi connectivity index (χ4n) is 5.53. The van der Waals surface area contributed by atoms with Crippen molar-refractivity contribution in [1.29, 1.82) is 0 Å². The maximum absolute atomic E-state index is 13.8. The molecule has 1 saturated heterocycles. The molecule has 0 unspecified atom stereocenters. The third kappa shape index (κ3) is 4.62. The largest absolute Gasteiger partial charge is 0.391 e. The lowest BCUT2D eigenvalue weighted by molar-refractivity contribution is -0.134. The number of hydrogen-bond donors (Lipinski definition) is 1. The van der Waals surface area contributed by atoms with Crippen molar-refractivity contribution in [3.8, 4) is 11.1 Å². The quantitative estimate of drug-likeness (QED) is 0.546. The van der Waals surface area contributed by atoms with E-state index in [1.807, 2.05) is 64.1 Å². The normalized spacial score (nSPS) is 24.5. The molecule has 4 atom stereocenters. The van der Waals surface area contributed by atoms with Crippen LogP contribution in [-0.2, 0) is 15.0 Å². The Morgan fingerprint density at radius 3 is 2.57 bits per heavy atom. The molecular weight excluding hydrogens is 468 g/mol. The van der Waals surface area contributed by atoms with E-state index < -0.39 is 23.5 Å². The van der Waals surface area contributed by atoms with E-state index in [4.69, 9.17) is 4.52 Å². The number of β-amino-alcohol motifs (C(OH)–C–C–N with tert-alkyl or cyclic N) is 1. The molecule has 37 heavy (non-hydrogen) atoms. The van der Waals surface area contributed by atoms with Crippen LogP contribution in [0.5, 0.6) is 0 Å². The topological polar surface area (TPSA) is 109 Å². The van der Waals surface area contributed by atoms with Gasteiger partial charge in [0, 0.05) is 43.6 Å². The third-order valence-electron chi connectivity index (χ3n) is 7.60. The Kier molecular flexibility index (Phi) is 6.54. The molecule has 4 heterocycles. The predicted molar refractivity (Wildman–Crippen MR) is 139 cm³/mol. The van der Waals surface area contributed by atoms with E-state index in [-0.39, 0.29) is 24.3 Å². The molecule has 8 heteroatoms. The fourth-order valence-corrected chi connectivity index (χ4v) is 5.53. The van der Waals surface area contributed by atoms with Crippen LogP contribution >= 0.6 is 0 Å². The Balaban J connectivity index is 1.39. The average Bonchev–Trinajstić information content (AvgIpc) is 3.57. The molecule has 2 aliphatic heterocycles. The van der Waals surface area contributed by atoms with Gasteiger partial charge in [-0.05, 0) is 42.5 Å². The Morgan fingerprint density at radius 1 is 1.19 bits per heavy atom. The summed E-state index contributed by atoms with van der Waals surface area (Å²) in [6.45, 7) is 7.84. The minimum atomic E-state index is -0.829. The molecule has 2 aliphatic rings. The lowest BCUT2D eigenvalue weighted by atomic mass is 9.78. The van der Waals surface area contributed by atoms with E-state index in [0.717, 1.165) is 16.7 Å². The van der Waals surface area contributed by atoms with Crippen LogP contribution in [-0.4, -0.2) is 56.4 Å². The summed E-state index contributed by atoms with van der Waals surface area (Å²) in [4.78, 5) is 37.3. The van der Waals surface area contributed by atoms with Crippen LogP contribution < -0.4 is 0 Å². The van der Waals surface area contributed by atoms with Crippen LogP contribution in [0.15, 0.2) is 64.4 Å². The second-order valence-electron chi connectivity index (χ2n) is 10.7. The van der Waals surface area contributed by atoms with Crippen molar-refractivity contribution < 1.29 is 19.2 Å². The van der Waals surface area contributed by atoms with Crippen molar-refractivity contribution in [2.24, 2.45) is 10.9 Å². The molecule has 2 amide bonds. The van der Waals surface area contributed by atoms with E-state index in [1.54, 1.807) is 23.4 Å². The van der Waals surface area contributed by atoms with Gasteiger partial charge in [0.05, 0.1) is 23.3 Å². The summed E-state index contributed by atoms with van der Waals surface area (Å²) in [7, 11) is 0. The molecule has 1 aromatic carbocycles. The molecule has 0 aliphatic carbocycles. The maximum atomic E-state index is 13.8. The monoisotopic (exact) mass is 500 g/mol. The standard InChI is InChI=1S/C29H32N4O4/c1-17(2)26(25-12-18(3)32-37-25)27(35)33-16-22(34)13-24(33)23-14-29(4,28(36)31-23)21-9-7-19(8-10-21)20-6-5-11-30-15-20/h5-12,15,17,22,24,26,34H,13-14,16H2,1-4H3/t22-,24+,26-,29+/m1/s1. The lowest BCUT2D eigenvalue weighted by Crippen LogP contribution is -2.44. The molecule has 8 nitrogen and oxygen atoms in total. The zero-order valence-corrected chi connectivity index (χ0v) is 21.6. The van der Waals surface area contributed by atoms with Gasteiger partial charge in [-0.1, -0.05) is 49.3 Å². The number of aliphatic hydroxyl groups excluding tert-OH is 1. The number of aliphatic imine (C=N–C) groups is 1. The highest BCUT2D eigenvalue weighted by Gasteiger charge is 2.48. The van der Waals surface area contributed by atoms with Crippen molar-refractivity contribution in [3.63, 3.8) is 0 Å². The SMILES string of the molecule is Cc1cc([C@H](C(=O)N2C[C@H](O)C[C@H]2C2=NC(=O)[C@](C)(c3ccc(-c4cccnc4)cc3)C2)C(C)C)on1. The van der Waals surface area contributed by atoms with Gasteiger partial charge in [-0.15, -0.1) is 0 Å². The summed E-state index contributed by atoms with van der Waals surface area (Å²) in [5.41, 5.74) is 3.42. The number of rotatable bonds is 6. The highest BCUT2D eigenvalue weighted by molar-refractivity contribution is 6.11. The van der Waals surface area contributed by atoms with Gasteiger partial charge in [0.2, 0.25) is 5.91 Å². The summed E-state index contributed by atoms with van der Waals surface area (Å²) in [6, 6.07) is 13.1. The predicted octanol–water partition coefficient (Wildman–Crippen LogP) is 4.08. The van der Waals surface area contributed by atoms with Crippen LogP contribution in [0.2, 0.25) is 0 Å². The first-order valence-electron chi connectivity index (χ1n) is 12.7. The molecule has 0 saturated carbocycles. The number of aliphatic hydroxyl groups is 1. The molecule has 0 bridgehead atoms. The number of carbonyl (C=O) groups excluding carboxylic acids is 2. The number of aromatic nitrogens is 2. The number of nitrogens with zero attached hydrogens (tertiary/aromatic N) is 4. The summed E-state index contributed by atoms with van der Waals surface area (Å²) >= 11 is 0. The molecular formula is C29H32N4O4. The molecule has 0 spiro atoms. The van der Waals surface area contributed by atoms with Crippen LogP contribution in [0.1, 0.15) is 56.5 Å². The summed E-state index contributed by atoms with van der Waals surface area (Å²) < 4.78 is 5.46. The number of likely N-dealkylation sites (tertiary alicyclic amines) is 1. The van der Waals surface area contributed by atoms with Gasteiger partial charge in [0.1, 0.15) is 11.7 Å². The Morgan fingerprint density at radius 2 is 1.95 bits per heavy atom. The van der Waals surface area contributed by atoms with Crippen LogP contribution in [0.3, 0.4) is 0 Å². The first-order chi connectivity index (χ1) is 17.7. The van der Waals surface area contributed by atoms with Gasteiger partial charge in [0.15, 0.2) is 0 Å². The minimum Gasteiger partial charge on any atom is -0.391 e. The van der Waals surface area contributed by atoms with E-state index in [9.17, 15) is 14.7 Å². The average molecular weight is 501 g/mol. The summed E-state index contributed by atoms with van der Waals surface area (Å²) in [6.07, 6.45) is 3.61.